The number of hydrogen-bond acceptors (Lipinski definition) is 4. The second kappa shape index (κ2) is 3.66. The van der Waals surface area contributed by atoms with Crippen molar-refractivity contribution in [1.82, 2.24) is 9.97 Å². The Morgan fingerprint density at radius 2 is 2.62 bits per heavy atom. The normalized spacial score (nSPS) is 15.7. The largest absolute Gasteiger partial charge is 0.458 e. The second-order valence-electron chi connectivity index (χ2n) is 2.59. The lowest BCUT2D eigenvalue weighted by molar-refractivity contribution is -0.134. The number of aromatic amines is 1. The van der Waals surface area contributed by atoms with E-state index in [1.165, 1.54) is 6.08 Å². The number of esters is 1. The van der Waals surface area contributed by atoms with Crippen LogP contribution in [0, 0.1) is 0 Å². The number of carbonyl (C=O) groups is 1. The number of aromatic nitrogens is 2. The summed E-state index contributed by atoms with van der Waals surface area (Å²) in [4.78, 5) is 17.7. The molecule has 0 fully saturated rings. The molecule has 0 saturated heterocycles. The molecule has 0 aliphatic carbocycles. The molecule has 0 aromatic carbocycles. The predicted molar refractivity (Wildman–Crippen MR) is 48.4 cm³/mol. The third-order valence-electron chi connectivity index (χ3n) is 1.59. The molecule has 68 valence electrons. The Labute approximate surface area is 79.4 Å². The van der Waals surface area contributed by atoms with Gasteiger partial charge in [0.2, 0.25) is 0 Å². The molecule has 0 saturated carbocycles. The van der Waals surface area contributed by atoms with Crippen molar-refractivity contribution < 1.29 is 9.53 Å². The molecule has 13 heavy (non-hydrogen) atoms. The lowest BCUT2D eigenvalue weighted by Gasteiger charge is -1.96. The molecular weight excluding hydrogens is 188 g/mol. The molecule has 1 aromatic heterocycles. The van der Waals surface area contributed by atoms with Crippen molar-refractivity contribution in [2.24, 2.45) is 0 Å². The van der Waals surface area contributed by atoms with Gasteiger partial charge in [0.1, 0.15) is 6.61 Å². The summed E-state index contributed by atoms with van der Waals surface area (Å²) in [5.74, 6) is 0.509. The summed E-state index contributed by atoms with van der Waals surface area (Å²) in [6.07, 6.45) is 5.01. The van der Waals surface area contributed by atoms with Crippen molar-refractivity contribution in [1.29, 1.82) is 0 Å². The van der Waals surface area contributed by atoms with Gasteiger partial charge in [-0.25, -0.2) is 9.78 Å². The second-order valence-corrected chi connectivity index (χ2v) is 3.56. The number of nitrogens with zero attached hydrogens (tertiary/aromatic N) is 1. The van der Waals surface area contributed by atoms with E-state index in [1.807, 2.05) is 0 Å². The third kappa shape index (κ3) is 2.12. The van der Waals surface area contributed by atoms with Crippen LogP contribution in [0.25, 0.3) is 0 Å². The van der Waals surface area contributed by atoms with E-state index in [-0.39, 0.29) is 5.97 Å². The van der Waals surface area contributed by atoms with Gasteiger partial charge in [0.15, 0.2) is 5.16 Å². The van der Waals surface area contributed by atoms with E-state index in [9.17, 15) is 4.79 Å². The van der Waals surface area contributed by atoms with E-state index in [4.69, 9.17) is 4.74 Å². The molecule has 0 bridgehead atoms. The molecule has 1 N–H and O–H groups in total. The standard InChI is InChI=1S/C8H8N2O2S/c11-7-3-6(4-12-7)5-13-8-9-1-2-10-8/h1-3H,4-5H2,(H,9,10). The average molecular weight is 196 g/mol. The molecule has 5 heteroatoms. The molecule has 0 atom stereocenters. The summed E-state index contributed by atoms with van der Waals surface area (Å²) in [6, 6.07) is 0. The Kier molecular flexibility index (Phi) is 2.35. The molecule has 0 spiro atoms. The van der Waals surface area contributed by atoms with Crippen molar-refractivity contribution in [3.8, 4) is 0 Å². The Bertz CT molecular complexity index is 332. The molecule has 1 aromatic rings. The van der Waals surface area contributed by atoms with Crippen LogP contribution in [0.4, 0.5) is 0 Å². The van der Waals surface area contributed by atoms with Gasteiger partial charge >= 0.3 is 5.97 Å². The van der Waals surface area contributed by atoms with Gasteiger partial charge in [0.25, 0.3) is 0 Å². The van der Waals surface area contributed by atoms with E-state index in [0.29, 0.717) is 6.61 Å². The number of hydrogen-bond donors (Lipinski definition) is 1. The van der Waals surface area contributed by atoms with Gasteiger partial charge in [-0.15, -0.1) is 0 Å². The third-order valence-corrected chi connectivity index (χ3v) is 2.60. The van der Waals surface area contributed by atoms with Crippen LogP contribution in [0.5, 0.6) is 0 Å². The fourth-order valence-corrected chi connectivity index (χ4v) is 1.76. The smallest absolute Gasteiger partial charge is 0.331 e. The van der Waals surface area contributed by atoms with Gasteiger partial charge in [-0.05, 0) is 5.57 Å². The molecule has 2 rings (SSSR count). The van der Waals surface area contributed by atoms with Gasteiger partial charge in [0.05, 0.1) is 0 Å². The van der Waals surface area contributed by atoms with Crippen LogP contribution in [0.1, 0.15) is 0 Å². The number of rotatable bonds is 3. The molecule has 4 nitrogen and oxygen atoms in total. The lowest BCUT2D eigenvalue weighted by Crippen LogP contribution is -1.93. The van der Waals surface area contributed by atoms with E-state index >= 15 is 0 Å². The minimum atomic E-state index is -0.241. The maximum Gasteiger partial charge on any atom is 0.331 e. The first-order valence-electron chi connectivity index (χ1n) is 3.83. The lowest BCUT2D eigenvalue weighted by atomic mass is 10.3. The van der Waals surface area contributed by atoms with E-state index in [2.05, 4.69) is 9.97 Å². The van der Waals surface area contributed by atoms with Gasteiger partial charge in [0, 0.05) is 24.2 Å². The zero-order valence-corrected chi connectivity index (χ0v) is 7.63. The number of ether oxygens (including phenoxy) is 1. The van der Waals surface area contributed by atoms with E-state index in [1.54, 1.807) is 24.2 Å². The zero-order chi connectivity index (χ0) is 9.10. The highest BCUT2D eigenvalue weighted by molar-refractivity contribution is 7.99. The van der Waals surface area contributed by atoms with Crippen LogP contribution in [0.15, 0.2) is 29.2 Å². The first kappa shape index (κ1) is 8.37. The minimum Gasteiger partial charge on any atom is -0.458 e. The maximum atomic E-state index is 10.7. The first-order chi connectivity index (χ1) is 6.34. The van der Waals surface area contributed by atoms with Crippen LogP contribution in [0.3, 0.4) is 0 Å². The molecule has 1 aliphatic rings. The van der Waals surface area contributed by atoms with Crippen molar-refractivity contribution in [2.75, 3.05) is 12.4 Å². The monoisotopic (exact) mass is 196 g/mol. The van der Waals surface area contributed by atoms with Gasteiger partial charge in [-0.3, -0.25) is 0 Å². The van der Waals surface area contributed by atoms with E-state index in [0.717, 1.165) is 16.5 Å². The van der Waals surface area contributed by atoms with Crippen molar-refractivity contribution in [3.63, 3.8) is 0 Å². The van der Waals surface area contributed by atoms with E-state index < -0.39 is 0 Å². The Morgan fingerprint density at radius 3 is 3.23 bits per heavy atom. The van der Waals surface area contributed by atoms with Gasteiger partial charge in [-0.2, -0.15) is 0 Å². The van der Waals surface area contributed by atoms with Crippen molar-refractivity contribution in [2.45, 2.75) is 5.16 Å². The Morgan fingerprint density at radius 1 is 1.69 bits per heavy atom. The highest BCUT2D eigenvalue weighted by Gasteiger charge is 2.12. The van der Waals surface area contributed by atoms with Crippen LogP contribution in [-0.4, -0.2) is 28.3 Å². The van der Waals surface area contributed by atoms with Crippen molar-refractivity contribution >= 4 is 17.7 Å². The number of nitrogens with one attached hydrogen (secondary N) is 1. The highest BCUT2D eigenvalue weighted by atomic mass is 32.2. The van der Waals surface area contributed by atoms with Crippen LogP contribution < -0.4 is 0 Å². The predicted octanol–water partition coefficient (Wildman–Crippen LogP) is 0.985. The maximum absolute atomic E-state index is 10.7. The molecule has 0 amide bonds. The summed E-state index contributed by atoms with van der Waals surface area (Å²) < 4.78 is 4.76. The highest BCUT2D eigenvalue weighted by Crippen LogP contribution is 2.18. The van der Waals surface area contributed by atoms with Crippen molar-refractivity contribution in [3.05, 3.63) is 24.0 Å². The SMILES string of the molecule is O=C1C=C(CSc2ncc[nH]2)CO1. The fourth-order valence-electron chi connectivity index (χ4n) is 0.988. The zero-order valence-electron chi connectivity index (χ0n) is 6.82. The summed E-state index contributed by atoms with van der Waals surface area (Å²) in [7, 11) is 0. The number of imidazole rings is 1. The van der Waals surface area contributed by atoms with Crippen LogP contribution in [-0.2, 0) is 9.53 Å². The number of H-pyrrole nitrogens is 1. The molecular formula is C8H8N2O2S. The number of thioether (sulfide) groups is 1. The first-order valence-corrected chi connectivity index (χ1v) is 4.81. The summed E-state index contributed by atoms with van der Waals surface area (Å²) in [6.45, 7) is 0.423. The van der Waals surface area contributed by atoms with Gasteiger partial charge < -0.3 is 9.72 Å². The summed E-state index contributed by atoms with van der Waals surface area (Å²) in [5, 5.41) is 0.861. The quantitative estimate of drug-likeness (QED) is 0.578. The summed E-state index contributed by atoms with van der Waals surface area (Å²) in [5.41, 5.74) is 1.01. The topological polar surface area (TPSA) is 55.0 Å². The molecule has 1 aliphatic heterocycles. The Balaban J connectivity index is 1.87. The number of cyclic esters (lactones) is 1. The van der Waals surface area contributed by atoms with Crippen LogP contribution in [0.2, 0.25) is 0 Å². The minimum absolute atomic E-state index is 0.241. The molecule has 2 heterocycles. The average Bonchev–Trinajstić information content (AvgIpc) is 2.71. The molecule has 0 radical (unpaired) electrons. The summed E-state index contributed by atoms with van der Waals surface area (Å²) >= 11 is 1.56. The number of carbonyl (C=O) groups excluding carboxylic acids is 1. The van der Waals surface area contributed by atoms with Gasteiger partial charge in [-0.1, -0.05) is 11.8 Å². The Hall–Kier alpha value is -1.23. The van der Waals surface area contributed by atoms with Crippen LogP contribution >= 0.6 is 11.8 Å². The fraction of sp³-hybridized carbons (Fsp3) is 0.250. The molecule has 0 unspecified atom stereocenters.